The van der Waals surface area contributed by atoms with Gasteiger partial charge in [0.1, 0.15) is 0 Å². The number of hydrogen-bond donors (Lipinski definition) is 1. The monoisotopic (exact) mass is 415 g/mol. The van der Waals surface area contributed by atoms with Gasteiger partial charge in [-0.15, -0.1) is 0 Å². The molecule has 1 aliphatic rings. The molecule has 2 heterocycles. The third kappa shape index (κ3) is 3.43. The molecule has 8 heteroatoms. The Kier molecular flexibility index (Phi) is 4.95. The van der Waals surface area contributed by atoms with Crippen molar-refractivity contribution in [3.63, 3.8) is 0 Å². The van der Waals surface area contributed by atoms with Crippen LogP contribution in [0.1, 0.15) is 34.3 Å². The van der Waals surface area contributed by atoms with Crippen LogP contribution in [0.2, 0.25) is 0 Å². The van der Waals surface area contributed by atoms with Gasteiger partial charge in [0, 0.05) is 18.7 Å². The number of aromatic nitrogens is 1. The van der Waals surface area contributed by atoms with Crippen LogP contribution in [0.5, 0.6) is 0 Å². The molecule has 3 aromatic rings. The molecule has 0 atom stereocenters. The summed E-state index contributed by atoms with van der Waals surface area (Å²) in [6.45, 7) is 4.83. The first-order valence-corrected chi connectivity index (χ1v) is 11.4. The number of carbonyl (C=O) groups is 1. The highest BCUT2D eigenvalue weighted by molar-refractivity contribution is 7.89. The van der Waals surface area contributed by atoms with Gasteiger partial charge in [0.25, 0.3) is 5.91 Å². The number of benzene rings is 2. The average Bonchev–Trinajstić information content (AvgIpc) is 3.32. The molecule has 6 nitrogen and oxygen atoms in total. The summed E-state index contributed by atoms with van der Waals surface area (Å²) in [6, 6.07) is 10.6. The summed E-state index contributed by atoms with van der Waals surface area (Å²) in [6.07, 6.45) is 1.74. The molecule has 0 aliphatic carbocycles. The highest BCUT2D eigenvalue weighted by Gasteiger charge is 2.28. The first-order valence-electron chi connectivity index (χ1n) is 9.14. The van der Waals surface area contributed by atoms with Crippen molar-refractivity contribution in [3.8, 4) is 0 Å². The third-order valence-corrected chi connectivity index (χ3v) is 7.83. The van der Waals surface area contributed by atoms with Gasteiger partial charge in [-0.05, 0) is 56.0 Å². The zero-order valence-electron chi connectivity index (χ0n) is 15.7. The molecule has 0 radical (unpaired) electrons. The number of thiazole rings is 1. The van der Waals surface area contributed by atoms with Gasteiger partial charge in [-0.3, -0.25) is 10.1 Å². The van der Waals surface area contributed by atoms with E-state index in [9.17, 15) is 13.2 Å². The average molecular weight is 416 g/mol. The lowest BCUT2D eigenvalue weighted by atomic mass is 10.1. The maximum absolute atomic E-state index is 12.8. The van der Waals surface area contributed by atoms with Crippen molar-refractivity contribution in [1.82, 2.24) is 9.29 Å². The minimum atomic E-state index is -3.57. The minimum Gasteiger partial charge on any atom is -0.298 e. The molecule has 1 amide bonds. The topological polar surface area (TPSA) is 79.4 Å². The predicted octanol–water partition coefficient (Wildman–Crippen LogP) is 3.95. The molecule has 1 fully saturated rings. The van der Waals surface area contributed by atoms with Crippen LogP contribution in [0.4, 0.5) is 5.13 Å². The molecule has 1 aliphatic heterocycles. The molecule has 146 valence electrons. The summed E-state index contributed by atoms with van der Waals surface area (Å²) < 4.78 is 28.1. The maximum atomic E-state index is 12.8. The van der Waals surface area contributed by atoms with Gasteiger partial charge in [0.05, 0.1) is 15.1 Å². The quantitative estimate of drug-likeness (QED) is 0.700. The number of nitrogens with one attached hydrogen (secondary N) is 1. The van der Waals surface area contributed by atoms with E-state index in [1.165, 1.54) is 21.7 Å². The number of sulfonamides is 1. The highest BCUT2D eigenvalue weighted by Crippen LogP contribution is 2.29. The van der Waals surface area contributed by atoms with Gasteiger partial charge in [-0.25, -0.2) is 13.4 Å². The van der Waals surface area contributed by atoms with E-state index in [4.69, 9.17) is 0 Å². The van der Waals surface area contributed by atoms with Crippen LogP contribution in [0.3, 0.4) is 0 Å². The third-order valence-electron chi connectivity index (χ3n) is 5.00. The second-order valence-electron chi connectivity index (χ2n) is 6.98. The molecule has 1 aromatic heterocycles. The lowest BCUT2D eigenvalue weighted by Gasteiger charge is -2.16. The zero-order valence-corrected chi connectivity index (χ0v) is 17.4. The van der Waals surface area contributed by atoms with Gasteiger partial charge in [0.2, 0.25) is 10.0 Å². The number of anilines is 1. The van der Waals surface area contributed by atoms with Crippen LogP contribution in [0.15, 0.2) is 41.3 Å². The zero-order chi connectivity index (χ0) is 19.9. The number of rotatable bonds is 4. The second kappa shape index (κ2) is 7.27. The largest absolute Gasteiger partial charge is 0.298 e. The van der Waals surface area contributed by atoms with Crippen molar-refractivity contribution in [2.24, 2.45) is 0 Å². The fourth-order valence-electron chi connectivity index (χ4n) is 3.39. The fourth-order valence-corrected chi connectivity index (χ4v) is 5.87. The van der Waals surface area contributed by atoms with E-state index in [0.29, 0.717) is 23.8 Å². The van der Waals surface area contributed by atoms with E-state index in [1.807, 2.05) is 25.1 Å². The standard InChI is InChI=1S/C20H21N3O3S2/c1-13-8-9-15(28(25,26)23-10-3-4-11-23)12-16(13)19(24)22-20-21-18-14(2)6-5-7-17(18)27-20/h5-9,12H,3-4,10-11H2,1-2H3,(H,21,22,24). The van der Waals surface area contributed by atoms with Crippen molar-refractivity contribution < 1.29 is 13.2 Å². The SMILES string of the molecule is Cc1ccc(S(=O)(=O)N2CCCC2)cc1C(=O)Nc1nc2c(C)cccc2s1. The van der Waals surface area contributed by atoms with Crippen molar-refractivity contribution in [1.29, 1.82) is 0 Å². The molecule has 0 spiro atoms. The van der Waals surface area contributed by atoms with Crippen molar-refractivity contribution in [2.75, 3.05) is 18.4 Å². The van der Waals surface area contributed by atoms with Crippen molar-refractivity contribution in [3.05, 3.63) is 53.1 Å². The van der Waals surface area contributed by atoms with Crippen LogP contribution in [-0.2, 0) is 10.0 Å². The lowest BCUT2D eigenvalue weighted by molar-refractivity contribution is 0.102. The number of hydrogen-bond acceptors (Lipinski definition) is 5. The van der Waals surface area contributed by atoms with E-state index in [-0.39, 0.29) is 10.8 Å². The molecule has 2 aromatic carbocycles. The minimum absolute atomic E-state index is 0.158. The van der Waals surface area contributed by atoms with Gasteiger partial charge < -0.3 is 0 Å². The molecular formula is C20H21N3O3S2. The van der Waals surface area contributed by atoms with E-state index in [2.05, 4.69) is 10.3 Å². The summed E-state index contributed by atoms with van der Waals surface area (Å²) in [5.41, 5.74) is 2.97. The molecule has 0 saturated carbocycles. The summed E-state index contributed by atoms with van der Waals surface area (Å²) in [7, 11) is -3.57. The van der Waals surface area contributed by atoms with Crippen LogP contribution in [-0.4, -0.2) is 36.7 Å². The fraction of sp³-hybridized carbons (Fsp3) is 0.300. The van der Waals surface area contributed by atoms with E-state index >= 15 is 0 Å². The molecule has 1 N–H and O–H groups in total. The predicted molar refractivity (Wildman–Crippen MR) is 111 cm³/mol. The molecule has 0 bridgehead atoms. The summed E-state index contributed by atoms with van der Waals surface area (Å²) in [5.74, 6) is -0.354. The smallest absolute Gasteiger partial charge is 0.257 e. The van der Waals surface area contributed by atoms with E-state index in [1.54, 1.807) is 19.1 Å². The summed E-state index contributed by atoms with van der Waals surface area (Å²) >= 11 is 1.40. The lowest BCUT2D eigenvalue weighted by Crippen LogP contribution is -2.28. The van der Waals surface area contributed by atoms with Gasteiger partial charge in [-0.1, -0.05) is 29.5 Å². The van der Waals surface area contributed by atoms with E-state index < -0.39 is 10.0 Å². The Balaban J connectivity index is 1.64. The van der Waals surface area contributed by atoms with Crippen molar-refractivity contribution in [2.45, 2.75) is 31.6 Å². The Bertz CT molecular complexity index is 1160. The second-order valence-corrected chi connectivity index (χ2v) is 9.95. The Morgan fingerprint density at radius 1 is 1.11 bits per heavy atom. The Hall–Kier alpha value is -2.29. The number of fused-ring (bicyclic) bond motifs is 1. The van der Waals surface area contributed by atoms with Gasteiger partial charge in [0.15, 0.2) is 5.13 Å². The number of aryl methyl sites for hydroxylation is 2. The molecule has 28 heavy (non-hydrogen) atoms. The number of para-hydroxylation sites is 1. The van der Waals surface area contributed by atoms with Crippen LogP contribution in [0.25, 0.3) is 10.2 Å². The number of amides is 1. The number of nitrogens with zero attached hydrogens (tertiary/aromatic N) is 2. The summed E-state index contributed by atoms with van der Waals surface area (Å²) in [4.78, 5) is 17.5. The first-order chi connectivity index (χ1) is 13.4. The molecule has 1 saturated heterocycles. The van der Waals surface area contributed by atoms with Crippen LogP contribution in [0, 0.1) is 13.8 Å². The van der Waals surface area contributed by atoms with Crippen LogP contribution < -0.4 is 5.32 Å². The van der Waals surface area contributed by atoms with Gasteiger partial charge in [-0.2, -0.15) is 4.31 Å². The summed E-state index contributed by atoms with van der Waals surface area (Å²) in [5, 5.41) is 3.33. The first kappa shape index (κ1) is 19.0. The Labute approximate surface area is 168 Å². The Morgan fingerprint density at radius 2 is 1.86 bits per heavy atom. The van der Waals surface area contributed by atoms with Crippen LogP contribution >= 0.6 is 11.3 Å². The maximum Gasteiger partial charge on any atom is 0.257 e. The molecular weight excluding hydrogens is 394 g/mol. The van der Waals surface area contributed by atoms with E-state index in [0.717, 1.165) is 34.2 Å². The highest BCUT2D eigenvalue weighted by atomic mass is 32.2. The molecule has 4 rings (SSSR count). The Morgan fingerprint density at radius 3 is 2.57 bits per heavy atom. The van der Waals surface area contributed by atoms with Gasteiger partial charge >= 0.3 is 0 Å². The number of carbonyl (C=O) groups excluding carboxylic acids is 1. The van der Waals surface area contributed by atoms with Crippen molar-refractivity contribution >= 4 is 42.6 Å². The molecule has 0 unspecified atom stereocenters. The normalized spacial score (nSPS) is 15.2.